The Morgan fingerprint density at radius 3 is 2.62 bits per heavy atom. The van der Waals surface area contributed by atoms with Crippen molar-refractivity contribution < 1.29 is 13.2 Å². The molecule has 2 heterocycles. The van der Waals surface area contributed by atoms with Crippen LogP contribution in [0.4, 0.5) is 5.69 Å². The van der Waals surface area contributed by atoms with Crippen molar-refractivity contribution in [2.75, 3.05) is 11.3 Å². The van der Waals surface area contributed by atoms with Crippen LogP contribution in [0.2, 0.25) is 0 Å². The maximum Gasteiger partial charge on any atom is 0.271 e. The Balaban J connectivity index is 1.80. The highest BCUT2D eigenvalue weighted by Gasteiger charge is 2.16. The molecule has 0 saturated heterocycles. The second kappa shape index (κ2) is 7.84. The fourth-order valence-electron chi connectivity index (χ4n) is 2.26. The molecule has 1 aromatic carbocycles. The molecule has 3 aromatic rings. The molecular weight excluding hydrogens is 370 g/mol. The van der Waals surface area contributed by atoms with Gasteiger partial charge in [0.1, 0.15) is 4.21 Å². The number of nitrogens with zero attached hydrogens (tertiary/aromatic N) is 2. The van der Waals surface area contributed by atoms with E-state index >= 15 is 0 Å². The van der Waals surface area contributed by atoms with E-state index in [1.165, 1.54) is 11.3 Å². The summed E-state index contributed by atoms with van der Waals surface area (Å²) in [4.78, 5) is 0.944. The molecule has 0 aliphatic heterocycles. The van der Waals surface area contributed by atoms with Crippen LogP contribution in [0, 0.1) is 6.92 Å². The Morgan fingerprint density at radius 2 is 1.96 bits per heavy atom. The molecular formula is C18H19N3O3S2. The van der Waals surface area contributed by atoms with Gasteiger partial charge in [0, 0.05) is 22.2 Å². The van der Waals surface area contributed by atoms with E-state index in [0.717, 1.165) is 16.9 Å². The summed E-state index contributed by atoms with van der Waals surface area (Å²) in [7, 11) is -3.60. The lowest BCUT2D eigenvalue weighted by atomic mass is 10.1. The van der Waals surface area contributed by atoms with E-state index in [9.17, 15) is 8.42 Å². The lowest BCUT2D eigenvalue weighted by Gasteiger charge is -2.08. The van der Waals surface area contributed by atoms with Crippen molar-refractivity contribution in [2.45, 2.75) is 24.5 Å². The summed E-state index contributed by atoms with van der Waals surface area (Å²) < 4.78 is 33.2. The topological polar surface area (TPSA) is 81.2 Å². The average Bonchev–Trinajstić information content (AvgIpc) is 3.08. The van der Waals surface area contributed by atoms with Gasteiger partial charge in [0.2, 0.25) is 5.88 Å². The summed E-state index contributed by atoms with van der Waals surface area (Å²) in [6.07, 6.45) is 0.898. The monoisotopic (exact) mass is 389 g/mol. The van der Waals surface area contributed by atoms with Gasteiger partial charge in [-0.15, -0.1) is 21.5 Å². The molecule has 26 heavy (non-hydrogen) atoms. The second-order valence-corrected chi connectivity index (χ2v) is 8.85. The molecule has 2 aromatic heterocycles. The first-order chi connectivity index (χ1) is 12.5. The molecule has 6 nitrogen and oxygen atoms in total. The highest BCUT2D eigenvalue weighted by molar-refractivity contribution is 7.94. The Hall–Kier alpha value is -2.45. The standard InChI is InChI=1S/C18H19N3O3S2/c1-3-11-24-17-9-8-16(19-20-17)14-5-4-6-15(12-14)21-26(22,23)18-10-7-13(2)25-18/h4-10,12,21H,3,11H2,1-2H3. The van der Waals surface area contributed by atoms with Crippen molar-refractivity contribution >= 4 is 27.0 Å². The van der Waals surface area contributed by atoms with E-state index in [4.69, 9.17) is 4.74 Å². The van der Waals surface area contributed by atoms with Gasteiger partial charge >= 0.3 is 0 Å². The minimum atomic E-state index is -3.60. The van der Waals surface area contributed by atoms with Gasteiger partial charge in [-0.25, -0.2) is 8.42 Å². The second-order valence-electron chi connectivity index (χ2n) is 5.66. The van der Waals surface area contributed by atoms with Crippen LogP contribution in [-0.4, -0.2) is 25.2 Å². The average molecular weight is 390 g/mol. The van der Waals surface area contributed by atoms with Crippen LogP contribution in [0.1, 0.15) is 18.2 Å². The van der Waals surface area contributed by atoms with Crippen molar-refractivity contribution in [3.8, 4) is 17.1 Å². The smallest absolute Gasteiger partial charge is 0.271 e. The highest BCUT2D eigenvalue weighted by atomic mass is 32.2. The number of hydrogen-bond acceptors (Lipinski definition) is 6. The Labute approximate surface area is 156 Å². The SMILES string of the molecule is CCCOc1ccc(-c2cccc(NS(=O)(=O)c3ccc(C)s3)c2)nn1. The predicted octanol–water partition coefficient (Wildman–Crippen LogP) is 4.10. The number of anilines is 1. The molecule has 0 amide bonds. The molecule has 136 valence electrons. The van der Waals surface area contributed by atoms with Crippen LogP contribution in [0.3, 0.4) is 0 Å². The predicted molar refractivity (Wildman–Crippen MR) is 103 cm³/mol. The third kappa shape index (κ3) is 4.39. The molecule has 8 heteroatoms. The first-order valence-corrected chi connectivity index (χ1v) is 10.4. The van der Waals surface area contributed by atoms with Crippen LogP contribution >= 0.6 is 11.3 Å². The zero-order valence-corrected chi connectivity index (χ0v) is 16.1. The molecule has 0 aliphatic rings. The molecule has 0 saturated carbocycles. The van der Waals surface area contributed by atoms with Crippen molar-refractivity contribution in [2.24, 2.45) is 0 Å². The zero-order valence-electron chi connectivity index (χ0n) is 14.5. The molecule has 1 N–H and O–H groups in total. The number of rotatable bonds is 7. The summed E-state index contributed by atoms with van der Waals surface area (Å²) in [6, 6.07) is 14.0. The summed E-state index contributed by atoms with van der Waals surface area (Å²) in [6.45, 7) is 4.48. The van der Waals surface area contributed by atoms with Crippen LogP contribution in [0.5, 0.6) is 5.88 Å². The molecule has 0 atom stereocenters. The Morgan fingerprint density at radius 1 is 1.12 bits per heavy atom. The van der Waals surface area contributed by atoms with Gasteiger partial charge in [-0.2, -0.15) is 0 Å². The lowest BCUT2D eigenvalue weighted by molar-refractivity contribution is 0.302. The number of aromatic nitrogens is 2. The lowest BCUT2D eigenvalue weighted by Crippen LogP contribution is -2.11. The number of ether oxygens (including phenoxy) is 1. The fraction of sp³-hybridized carbons (Fsp3) is 0.222. The molecule has 0 fully saturated rings. The van der Waals surface area contributed by atoms with E-state index in [1.807, 2.05) is 19.9 Å². The molecule has 0 unspecified atom stereocenters. The highest BCUT2D eigenvalue weighted by Crippen LogP contribution is 2.26. The van der Waals surface area contributed by atoms with Crippen molar-refractivity contribution in [1.29, 1.82) is 0 Å². The largest absolute Gasteiger partial charge is 0.477 e. The molecule has 0 aliphatic carbocycles. The number of aryl methyl sites for hydroxylation is 1. The molecule has 3 rings (SSSR count). The van der Waals surface area contributed by atoms with Crippen molar-refractivity contribution in [3.63, 3.8) is 0 Å². The van der Waals surface area contributed by atoms with E-state index in [1.54, 1.807) is 42.5 Å². The third-order valence-corrected chi connectivity index (χ3v) is 6.36. The zero-order chi connectivity index (χ0) is 18.6. The summed E-state index contributed by atoms with van der Waals surface area (Å²) in [5.41, 5.74) is 1.88. The van der Waals surface area contributed by atoms with Gasteiger partial charge in [-0.3, -0.25) is 4.72 Å². The summed E-state index contributed by atoms with van der Waals surface area (Å²) in [5, 5.41) is 8.19. The van der Waals surface area contributed by atoms with E-state index in [0.29, 0.717) is 23.9 Å². The first kappa shape index (κ1) is 18.3. The van der Waals surface area contributed by atoms with Crippen molar-refractivity contribution in [3.05, 3.63) is 53.4 Å². The molecule has 0 spiro atoms. The first-order valence-electron chi connectivity index (χ1n) is 8.14. The van der Waals surface area contributed by atoms with E-state index in [2.05, 4.69) is 14.9 Å². The number of thiophene rings is 1. The maximum absolute atomic E-state index is 12.5. The third-order valence-electron chi connectivity index (χ3n) is 3.49. The van der Waals surface area contributed by atoms with Crippen LogP contribution in [0.15, 0.2) is 52.7 Å². The number of sulfonamides is 1. The van der Waals surface area contributed by atoms with Gasteiger partial charge in [0.05, 0.1) is 12.3 Å². The van der Waals surface area contributed by atoms with Gasteiger partial charge in [0.25, 0.3) is 10.0 Å². The normalized spacial score (nSPS) is 11.3. The van der Waals surface area contributed by atoms with Crippen LogP contribution in [0.25, 0.3) is 11.3 Å². The Kier molecular flexibility index (Phi) is 5.53. The van der Waals surface area contributed by atoms with Crippen LogP contribution in [-0.2, 0) is 10.0 Å². The minimum absolute atomic E-state index is 0.289. The maximum atomic E-state index is 12.5. The number of hydrogen-bond donors (Lipinski definition) is 1. The minimum Gasteiger partial charge on any atom is -0.477 e. The quantitative estimate of drug-likeness (QED) is 0.658. The van der Waals surface area contributed by atoms with Gasteiger partial charge in [-0.1, -0.05) is 19.1 Å². The fourth-order valence-corrected chi connectivity index (χ4v) is 4.59. The summed E-state index contributed by atoms with van der Waals surface area (Å²) >= 11 is 1.24. The summed E-state index contributed by atoms with van der Waals surface area (Å²) in [5.74, 6) is 0.473. The van der Waals surface area contributed by atoms with Crippen LogP contribution < -0.4 is 9.46 Å². The van der Waals surface area contributed by atoms with Crippen molar-refractivity contribution in [1.82, 2.24) is 10.2 Å². The number of nitrogens with one attached hydrogen (secondary N) is 1. The van der Waals surface area contributed by atoms with Gasteiger partial charge in [0.15, 0.2) is 0 Å². The van der Waals surface area contributed by atoms with Gasteiger partial charge < -0.3 is 4.74 Å². The Bertz CT molecular complexity index is 983. The van der Waals surface area contributed by atoms with Gasteiger partial charge in [-0.05, 0) is 43.7 Å². The van der Waals surface area contributed by atoms with E-state index in [-0.39, 0.29) is 4.21 Å². The number of benzene rings is 1. The van der Waals surface area contributed by atoms with E-state index < -0.39 is 10.0 Å². The molecule has 0 radical (unpaired) electrons. The molecule has 0 bridgehead atoms.